The molecule has 0 fully saturated rings. The number of alkyl halides is 3. The van der Waals surface area contributed by atoms with Gasteiger partial charge in [0.25, 0.3) is 5.91 Å². The van der Waals surface area contributed by atoms with Crippen molar-refractivity contribution in [3.8, 4) is 5.75 Å². The highest BCUT2D eigenvalue weighted by atomic mass is 19.4. The number of rotatable bonds is 5. The van der Waals surface area contributed by atoms with Gasteiger partial charge in [-0.05, 0) is 48.4 Å². The van der Waals surface area contributed by atoms with Crippen molar-refractivity contribution >= 4 is 11.6 Å². The van der Waals surface area contributed by atoms with Crippen LogP contribution in [0.1, 0.15) is 21.5 Å². The average Bonchev–Trinajstić information content (AvgIpc) is 2.54. The SMILES string of the molecule is C=CCc1cc(C(=O)Nc2cccc(C(F)(F)F)c2)ccc1OC. The van der Waals surface area contributed by atoms with Crippen LogP contribution in [0.3, 0.4) is 0 Å². The summed E-state index contributed by atoms with van der Waals surface area (Å²) >= 11 is 0. The molecule has 0 aliphatic rings. The number of amides is 1. The van der Waals surface area contributed by atoms with Crippen molar-refractivity contribution < 1.29 is 22.7 Å². The number of halogens is 3. The standard InChI is InChI=1S/C18H16F3NO2/c1-3-5-12-10-13(8-9-16(12)24-2)17(23)22-15-7-4-6-14(11-15)18(19,20)21/h3-4,6-11H,1,5H2,2H3,(H,22,23). The van der Waals surface area contributed by atoms with E-state index in [1.54, 1.807) is 24.3 Å². The molecule has 0 saturated carbocycles. The molecule has 126 valence electrons. The molecule has 0 radical (unpaired) electrons. The molecule has 2 rings (SSSR count). The molecule has 0 unspecified atom stereocenters. The predicted octanol–water partition coefficient (Wildman–Crippen LogP) is 4.69. The third-order valence-electron chi connectivity index (χ3n) is 3.35. The van der Waals surface area contributed by atoms with Crippen LogP contribution < -0.4 is 10.1 Å². The van der Waals surface area contributed by atoms with Crippen molar-refractivity contribution in [3.63, 3.8) is 0 Å². The fraction of sp³-hybridized carbons (Fsp3) is 0.167. The lowest BCUT2D eigenvalue weighted by Crippen LogP contribution is -2.13. The number of carbonyl (C=O) groups is 1. The number of anilines is 1. The molecule has 0 aliphatic heterocycles. The van der Waals surface area contributed by atoms with E-state index in [-0.39, 0.29) is 5.69 Å². The molecule has 1 amide bonds. The third-order valence-corrected chi connectivity index (χ3v) is 3.35. The molecule has 0 bridgehead atoms. The van der Waals surface area contributed by atoms with E-state index in [9.17, 15) is 18.0 Å². The minimum absolute atomic E-state index is 0.0795. The summed E-state index contributed by atoms with van der Waals surface area (Å²) in [5.41, 5.74) is 0.354. The molecule has 6 heteroatoms. The number of ether oxygens (including phenoxy) is 1. The zero-order valence-electron chi connectivity index (χ0n) is 13.0. The van der Waals surface area contributed by atoms with Crippen molar-refractivity contribution in [2.75, 3.05) is 12.4 Å². The second-order valence-electron chi connectivity index (χ2n) is 5.05. The van der Waals surface area contributed by atoms with Gasteiger partial charge < -0.3 is 10.1 Å². The van der Waals surface area contributed by atoms with Gasteiger partial charge in [-0.15, -0.1) is 6.58 Å². The molecule has 0 atom stereocenters. The van der Waals surface area contributed by atoms with Crippen molar-refractivity contribution in [2.24, 2.45) is 0 Å². The highest BCUT2D eigenvalue weighted by molar-refractivity contribution is 6.04. The number of methoxy groups -OCH3 is 1. The highest BCUT2D eigenvalue weighted by Crippen LogP contribution is 2.30. The van der Waals surface area contributed by atoms with Crippen LogP contribution in [0, 0.1) is 0 Å². The second kappa shape index (κ2) is 7.21. The second-order valence-corrected chi connectivity index (χ2v) is 5.05. The number of hydrogen-bond acceptors (Lipinski definition) is 2. The van der Waals surface area contributed by atoms with Gasteiger partial charge >= 0.3 is 6.18 Å². The molecule has 2 aromatic carbocycles. The van der Waals surface area contributed by atoms with Crippen LogP contribution in [-0.2, 0) is 12.6 Å². The first-order valence-corrected chi connectivity index (χ1v) is 7.11. The largest absolute Gasteiger partial charge is 0.496 e. The van der Waals surface area contributed by atoms with Crippen molar-refractivity contribution in [1.29, 1.82) is 0 Å². The minimum Gasteiger partial charge on any atom is -0.496 e. The lowest BCUT2D eigenvalue weighted by molar-refractivity contribution is -0.137. The van der Waals surface area contributed by atoms with Gasteiger partial charge in [0.15, 0.2) is 0 Å². The topological polar surface area (TPSA) is 38.3 Å². The van der Waals surface area contributed by atoms with Crippen LogP contribution in [0.4, 0.5) is 18.9 Å². The van der Waals surface area contributed by atoms with Gasteiger partial charge in [-0.1, -0.05) is 12.1 Å². The summed E-state index contributed by atoms with van der Waals surface area (Å²) in [5.74, 6) is 0.118. The molecule has 0 saturated heterocycles. The maximum atomic E-state index is 12.7. The Balaban J connectivity index is 2.24. The van der Waals surface area contributed by atoms with Crippen molar-refractivity contribution in [3.05, 3.63) is 71.8 Å². The summed E-state index contributed by atoms with van der Waals surface area (Å²) < 4.78 is 43.3. The van der Waals surface area contributed by atoms with Crippen LogP contribution in [0.5, 0.6) is 5.75 Å². The van der Waals surface area contributed by atoms with Gasteiger partial charge in [0.1, 0.15) is 5.75 Å². The van der Waals surface area contributed by atoms with Crippen molar-refractivity contribution in [1.82, 2.24) is 0 Å². The Labute approximate surface area is 137 Å². The van der Waals surface area contributed by atoms with Crippen LogP contribution in [0.15, 0.2) is 55.1 Å². The molecule has 1 N–H and O–H groups in total. The predicted molar refractivity (Wildman–Crippen MR) is 86.3 cm³/mol. The number of benzene rings is 2. The van der Waals surface area contributed by atoms with Gasteiger partial charge in [0, 0.05) is 11.3 Å². The normalized spacial score (nSPS) is 11.0. The summed E-state index contributed by atoms with van der Waals surface area (Å²) in [5, 5.41) is 2.47. The number of allylic oxidation sites excluding steroid dienone is 1. The van der Waals surface area contributed by atoms with E-state index in [1.165, 1.54) is 19.2 Å². The summed E-state index contributed by atoms with van der Waals surface area (Å²) in [4.78, 5) is 12.3. The molecule has 0 aromatic heterocycles. The monoisotopic (exact) mass is 335 g/mol. The summed E-state index contributed by atoms with van der Waals surface area (Å²) in [6.07, 6.45) is -2.28. The Morgan fingerprint density at radius 3 is 2.62 bits per heavy atom. The molecule has 0 spiro atoms. The van der Waals surface area contributed by atoms with Gasteiger partial charge in [-0.2, -0.15) is 13.2 Å². The molecule has 24 heavy (non-hydrogen) atoms. The number of hydrogen-bond donors (Lipinski definition) is 1. The van der Waals surface area contributed by atoms with E-state index in [2.05, 4.69) is 11.9 Å². The van der Waals surface area contributed by atoms with Gasteiger partial charge in [0.2, 0.25) is 0 Å². The van der Waals surface area contributed by atoms with Gasteiger partial charge in [-0.25, -0.2) is 0 Å². The Morgan fingerprint density at radius 1 is 1.25 bits per heavy atom. The summed E-state index contributed by atoms with van der Waals surface area (Å²) in [6, 6.07) is 9.31. The van der Waals surface area contributed by atoms with E-state index in [1.807, 2.05) is 0 Å². The average molecular weight is 335 g/mol. The maximum Gasteiger partial charge on any atom is 0.416 e. The van der Waals surface area contributed by atoms with E-state index < -0.39 is 17.6 Å². The van der Waals surface area contributed by atoms with Gasteiger partial charge in [0.05, 0.1) is 12.7 Å². The Morgan fingerprint density at radius 2 is 2.00 bits per heavy atom. The summed E-state index contributed by atoms with van der Waals surface area (Å²) in [7, 11) is 1.52. The molecule has 0 heterocycles. The molecular weight excluding hydrogens is 319 g/mol. The van der Waals surface area contributed by atoms with Crippen LogP contribution in [0.25, 0.3) is 0 Å². The van der Waals surface area contributed by atoms with Crippen molar-refractivity contribution in [2.45, 2.75) is 12.6 Å². The number of nitrogens with one attached hydrogen (secondary N) is 1. The molecule has 2 aromatic rings. The maximum absolute atomic E-state index is 12.7. The zero-order chi connectivity index (χ0) is 17.7. The Bertz CT molecular complexity index is 754. The molecular formula is C18H16F3NO2. The fourth-order valence-corrected chi connectivity index (χ4v) is 2.21. The van der Waals surface area contributed by atoms with Crippen LogP contribution in [-0.4, -0.2) is 13.0 Å². The van der Waals surface area contributed by atoms with E-state index in [0.29, 0.717) is 17.7 Å². The molecule has 3 nitrogen and oxygen atoms in total. The fourth-order valence-electron chi connectivity index (χ4n) is 2.21. The Hall–Kier alpha value is -2.76. The highest BCUT2D eigenvalue weighted by Gasteiger charge is 2.30. The first-order chi connectivity index (χ1) is 11.3. The van der Waals surface area contributed by atoms with Crippen LogP contribution >= 0.6 is 0 Å². The third kappa shape index (κ3) is 4.16. The van der Waals surface area contributed by atoms with E-state index >= 15 is 0 Å². The number of carbonyl (C=O) groups excluding carboxylic acids is 1. The lowest BCUT2D eigenvalue weighted by Gasteiger charge is -2.11. The Kier molecular flexibility index (Phi) is 5.28. The molecule has 0 aliphatic carbocycles. The summed E-state index contributed by atoms with van der Waals surface area (Å²) in [6.45, 7) is 3.64. The quantitative estimate of drug-likeness (QED) is 0.805. The van der Waals surface area contributed by atoms with Gasteiger partial charge in [-0.3, -0.25) is 4.79 Å². The zero-order valence-corrected chi connectivity index (χ0v) is 13.0. The van der Waals surface area contributed by atoms with Crippen LogP contribution in [0.2, 0.25) is 0 Å². The smallest absolute Gasteiger partial charge is 0.416 e. The lowest BCUT2D eigenvalue weighted by atomic mass is 10.1. The minimum atomic E-state index is -4.46. The van der Waals surface area contributed by atoms with E-state index in [4.69, 9.17) is 4.74 Å². The first-order valence-electron chi connectivity index (χ1n) is 7.11. The first kappa shape index (κ1) is 17.6. The van der Waals surface area contributed by atoms with E-state index in [0.717, 1.165) is 17.7 Å².